The maximum atomic E-state index is 12.9. The molecule has 5 rings (SSSR count). The van der Waals surface area contributed by atoms with Crippen LogP contribution in [0.15, 0.2) is 36.8 Å². The van der Waals surface area contributed by atoms with Crippen LogP contribution in [-0.2, 0) is 6.67 Å². The molecule has 4 aromatic rings. The third-order valence-electron chi connectivity index (χ3n) is 5.31. The molecule has 0 unspecified atom stereocenters. The molecule has 8 nitrogen and oxygen atoms in total. The van der Waals surface area contributed by atoms with Crippen molar-refractivity contribution in [3.05, 3.63) is 42.4 Å². The van der Waals surface area contributed by atoms with Gasteiger partial charge in [-0.15, -0.1) is 0 Å². The van der Waals surface area contributed by atoms with Crippen LogP contribution < -0.4 is 11.1 Å². The fraction of sp³-hybridized carbons (Fsp3) is 0.300. The normalized spacial score (nSPS) is 15.2. The van der Waals surface area contributed by atoms with E-state index in [-0.39, 0.29) is 5.82 Å². The van der Waals surface area contributed by atoms with Gasteiger partial charge in [0.1, 0.15) is 12.4 Å². The molecular formula is C20H21FN8. The first-order chi connectivity index (χ1) is 14.2. The van der Waals surface area contributed by atoms with Gasteiger partial charge in [-0.2, -0.15) is 5.10 Å². The second-order valence-corrected chi connectivity index (χ2v) is 7.25. The fourth-order valence-corrected chi connectivity index (χ4v) is 3.71. The molecule has 0 aliphatic carbocycles. The molecule has 0 bridgehead atoms. The number of hydrogen-bond acceptors (Lipinski definition) is 6. The number of nitrogen functional groups attached to an aromatic ring is 1. The lowest BCUT2D eigenvalue weighted by molar-refractivity contribution is 0.343. The predicted octanol–water partition coefficient (Wildman–Crippen LogP) is 2.86. The SMILES string of the molecule is Nc1ncc(-c2cnn(C3CCNCC3)c2)nc1-c1nc2ccc(CF)cc2[nH]1. The van der Waals surface area contributed by atoms with Crippen LogP contribution in [0.2, 0.25) is 0 Å². The van der Waals surface area contributed by atoms with E-state index in [9.17, 15) is 4.39 Å². The van der Waals surface area contributed by atoms with Crippen molar-refractivity contribution in [2.45, 2.75) is 25.6 Å². The molecule has 0 radical (unpaired) electrons. The molecule has 29 heavy (non-hydrogen) atoms. The quantitative estimate of drug-likeness (QED) is 0.493. The number of aromatic amines is 1. The van der Waals surface area contributed by atoms with E-state index >= 15 is 0 Å². The molecule has 4 heterocycles. The first-order valence-corrected chi connectivity index (χ1v) is 9.64. The number of anilines is 1. The third kappa shape index (κ3) is 3.33. The second-order valence-electron chi connectivity index (χ2n) is 7.25. The Morgan fingerprint density at radius 3 is 2.86 bits per heavy atom. The molecule has 1 aliphatic rings. The zero-order chi connectivity index (χ0) is 19.8. The summed E-state index contributed by atoms with van der Waals surface area (Å²) in [6.45, 7) is 1.48. The number of alkyl halides is 1. The number of imidazole rings is 1. The molecule has 0 saturated carbocycles. The van der Waals surface area contributed by atoms with Gasteiger partial charge in [-0.1, -0.05) is 6.07 Å². The number of halogens is 1. The zero-order valence-corrected chi connectivity index (χ0v) is 15.8. The molecule has 3 aromatic heterocycles. The maximum Gasteiger partial charge on any atom is 0.161 e. The minimum atomic E-state index is -0.525. The number of benzene rings is 1. The van der Waals surface area contributed by atoms with Gasteiger partial charge in [0.25, 0.3) is 0 Å². The lowest BCUT2D eigenvalue weighted by Crippen LogP contribution is -2.29. The van der Waals surface area contributed by atoms with Crippen molar-refractivity contribution in [3.63, 3.8) is 0 Å². The maximum absolute atomic E-state index is 12.9. The van der Waals surface area contributed by atoms with Crippen LogP contribution in [0.3, 0.4) is 0 Å². The van der Waals surface area contributed by atoms with Gasteiger partial charge >= 0.3 is 0 Å². The number of aromatic nitrogens is 6. The lowest BCUT2D eigenvalue weighted by Gasteiger charge is -2.22. The number of nitrogens with zero attached hydrogens (tertiary/aromatic N) is 5. The first kappa shape index (κ1) is 17.7. The Kier molecular flexibility index (Phi) is 4.44. The van der Waals surface area contributed by atoms with Crippen LogP contribution in [0.5, 0.6) is 0 Å². The summed E-state index contributed by atoms with van der Waals surface area (Å²) in [6, 6.07) is 5.63. The number of fused-ring (bicyclic) bond motifs is 1. The molecular weight excluding hydrogens is 371 g/mol. The van der Waals surface area contributed by atoms with E-state index < -0.39 is 6.67 Å². The van der Waals surface area contributed by atoms with Crippen LogP contribution in [-0.4, -0.2) is 42.8 Å². The second kappa shape index (κ2) is 7.25. The van der Waals surface area contributed by atoms with Crippen LogP contribution in [0, 0.1) is 0 Å². The van der Waals surface area contributed by atoms with Crippen molar-refractivity contribution in [2.24, 2.45) is 0 Å². The largest absolute Gasteiger partial charge is 0.382 e. The van der Waals surface area contributed by atoms with E-state index in [1.165, 1.54) is 0 Å². The number of hydrogen-bond donors (Lipinski definition) is 3. The van der Waals surface area contributed by atoms with E-state index in [1.54, 1.807) is 30.6 Å². The van der Waals surface area contributed by atoms with Crippen LogP contribution >= 0.6 is 0 Å². The average molecular weight is 392 g/mol. The third-order valence-corrected chi connectivity index (χ3v) is 5.31. The summed E-state index contributed by atoms with van der Waals surface area (Å²) >= 11 is 0. The minimum Gasteiger partial charge on any atom is -0.382 e. The number of rotatable bonds is 4. The molecule has 0 atom stereocenters. The van der Waals surface area contributed by atoms with Gasteiger partial charge in [0.15, 0.2) is 11.6 Å². The highest BCUT2D eigenvalue weighted by Crippen LogP contribution is 2.27. The smallest absolute Gasteiger partial charge is 0.161 e. The summed E-state index contributed by atoms with van der Waals surface area (Å²) in [4.78, 5) is 16.7. The molecule has 1 fully saturated rings. The average Bonchev–Trinajstić information content (AvgIpc) is 3.41. The number of nitrogens with one attached hydrogen (secondary N) is 2. The molecule has 148 valence electrons. The summed E-state index contributed by atoms with van der Waals surface area (Å²) in [5, 5.41) is 7.89. The topological polar surface area (TPSA) is 110 Å². The van der Waals surface area contributed by atoms with Crippen molar-refractivity contribution in [1.82, 2.24) is 35.0 Å². The van der Waals surface area contributed by atoms with Crippen LogP contribution in [0.4, 0.5) is 10.2 Å². The number of H-pyrrole nitrogens is 1. The Labute approximate surface area is 166 Å². The van der Waals surface area contributed by atoms with E-state index in [2.05, 4.69) is 30.4 Å². The number of nitrogens with two attached hydrogens (primary N) is 1. The first-order valence-electron chi connectivity index (χ1n) is 9.64. The van der Waals surface area contributed by atoms with E-state index in [1.807, 2.05) is 10.9 Å². The van der Waals surface area contributed by atoms with Gasteiger partial charge < -0.3 is 16.0 Å². The van der Waals surface area contributed by atoms with E-state index in [0.29, 0.717) is 28.8 Å². The fourth-order valence-electron chi connectivity index (χ4n) is 3.71. The number of piperidine rings is 1. The van der Waals surface area contributed by atoms with Gasteiger partial charge in [0.05, 0.1) is 35.2 Å². The van der Waals surface area contributed by atoms with E-state index in [0.717, 1.165) is 42.5 Å². The lowest BCUT2D eigenvalue weighted by atomic mass is 10.1. The Morgan fingerprint density at radius 1 is 1.17 bits per heavy atom. The molecule has 1 saturated heterocycles. The van der Waals surface area contributed by atoms with Crippen molar-refractivity contribution in [2.75, 3.05) is 18.8 Å². The Hall–Kier alpha value is -3.33. The van der Waals surface area contributed by atoms with Gasteiger partial charge in [-0.3, -0.25) is 4.68 Å². The van der Waals surface area contributed by atoms with Crippen molar-refractivity contribution in [3.8, 4) is 22.8 Å². The molecule has 0 spiro atoms. The molecule has 1 aromatic carbocycles. The molecule has 0 amide bonds. The summed E-state index contributed by atoms with van der Waals surface area (Å²) in [5.74, 6) is 0.790. The van der Waals surface area contributed by atoms with Crippen molar-refractivity contribution >= 4 is 16.9 Å². The molecule has 9 heteroatoms. The van der Waals surface area contributed by atoms with Gasteiger partial charge in [-0.05, 0) is 43.6 Å². The van der Waals surface area contributed by atoms with Gasteiger partial charge in [-0.25, -0.2) is 19.3 Å². The van der Waals surface area contributed by atoms with Crippen LogP contribution in [0.25, 0.3) is 33.8 Å². The highest BCUT2D eigenvalue weighted by molar-refractivity contribution is 5.81. The minimum absolute atomic E-state index is 0.282. The van der Waals surface area contributed by atoms with Crippen molar-refractivity contribution < 1.29 is 4.39 Å². The summed E-state index contributed by atoms with van der Waals surface area (Å²) in [5.41, 5.74) is 10.2. The van der Waals surface area contributed by atoms with Gasteiger partial charge in [0, 0.05) is 11.8 Å². The summed E-state index contributed by atoms with van der Waals surface area (Å²) in [7, 11) is 0. The van der Waals surface area contributed by atoms with Gasteiger partial charge in [0.2, 0.25) is 0 Å². The summed E-state index contributed by atoms with van der Waals surface area (Å²) in [6.07, 6.45) is 7.57. The monoisotopic (exact) mass is 392 g/mol. The predicted molar refractivity (Wildman–Crippen MR) is 109 cm³/mol. The Morgan fingerprint density at radius 2 is 2.03 bits per heavy atom. The standard InChI is InChI=1S/C20H21FN8/c21-8-12-1-2-15-16(7-12)28-20(27-15)18-19(22)24-10-17(26-18)13-9-25-29(11-13)14-3-5-23-6-4-14/h1-2,7,9-11,14,23H,3-6,8H2,(H2,22,24)(H,27,28). The van der Waals surface area contributed by atoms with E-state index in [4.69, 9.17) is 5.73 Å². The van der Waals surface area contributed by atoms with Crippen molar-refractivity contribution in [1.29, 1.82) is 0 Å². The van der Waals surface area contributed by atoms with Crippen LogP contribution in [0.1, 0.15) is 24.4 Å². The molecule has 1 aliphatic heterocycles. The Bertz CT molecular complexity index is 1160. The Balaban J connectivity index is 1.50. The summed E-state index contributed by atoms with van der Waals surface area (Å²) < 4.78 is 14.9. The zero-order valence-electron chi connectivity index (χ0n) is 15.8. The highest BCUT2D eigenvalue weighted by atomic mass is 19.1. The highest BCUT2D eigenvalue weighted by Gasteiger charge is 2.18. The molecule has 4 N–H and O–H groups in total.